The Hall–Kier alpha value is -3.09. The molecule has 0 saturated carbocycles. The lowest BCUT2D eigenvalue weighted by molar-refractivity contribution is -0.129. The van der Waals surface area contributed by atoms with E-state index >= 15 is 0 Å². The summed E-state index contributed by atoms with van der Waals surface area (Å²) in [6.45, 7) is 2.33. The van der Waals surface area contributed by atoms with Crippen molar-refractivity contribution in [3.8, 4) is 0 Å². The second kappa shape index (κ2) is 10.0. The Morgan fingerprint density at radius 2 is 1.84 bits per heavy atom. The number of halogens is 1. The summed E-state index contributed by atoms with van der Waals surface area (Å²) in [4.78, 5) is 32.4. The molecule has 0 aliphatic carbocycles. The number of hydrogen-bond donors (Lipinski definition) is 1. The zero-order chi connectivity index (χ0) is 22.5. The first-order valence-electron chi connectivity index (χ1n) is 10.2. The highest BCUT2D eigenvalue weighted by atomic mass is 35.5. The number of nitrogens with one attached hydrogen (secondary N) is 1. The van der Waals surface area contributed by atoms with Gasteiger partial charge in [-0.15, -0.1) is 0 Å². The van der Waals surface area contributed by atoms with Gasteiger partial charge in [0.1, 0.15) is 5.25 Å². The van der Waals surface area contributed by atoms with Crippen LogP contribution in [-0.4, -0.2) is 27.1 Å². The van der Waals surface area contributed by atoms with Crippen LogP contribution in [0, 0.1) is 6.92 Å². The molecule has 0 spiro atoms. The van der Waals surface area contributed by atoms with Gasteiger partial charge in [0, 0.05) is 17.1 Å². The Morgan fingerprint density at radius 1 is 1.09 bits per heavy atom. The molecule has 0 radical (unpaired) electrons. The maximum atomic E-state index is 13.1. The molecule has 0 bridgehead atoms. The lowest BCUT2D eigenvalue weighted by atomic mass is 10.2. The zero-order valence-electron chi connectivity index (χ0n) is 17.5. The molecule has 1 N–H and O–H groups in total. The van der Waals surface area contributed by atoms with Gasteiger partial charge in [-0.05, 0) is 54.4 Å². The summed E-state index contributed by atoms with van der Waals surface area (Å²) in [7, 11) is 0. The molecule has 1 fully saturated rings. The highest BCUT2D eigenvalue weighted by molar-refractivity contribution is 8.15. The number of aryl methyl sites for hydroxylation is 1. The van der Waals surface area contributed by atoms with Crippen molar-refractivity contribution in [1.82, 2.24) is 4.90 Å². The average Bonchev–Trinajstić information content (AvgIpc) is 2.78. The average molecular weight is 464 g/mol. The minimum absolute atomic E-state index is 0.101. The molecular formula is C25H22ClN3O2S. The summed E-state index contributed by atoms with van der Waals surface area (Å²) in [5.41, 5.74) is 3.43. The van der Waals surface area contributed by atoms with Crippen LogP contribution in [0.5, 0.6) is 0 Å². The van der Waals surface area contributed by atoms with E-state index in [-0.39, 0.29) is 18.2 Å². The van der Waals surface area contributed by atoms with Crippen molar-refractivity contribution >= 4 is 51.7 Å². The highest BCUT2D eigenvalue weighted by Gasteiger charge is 2.36. The Balaban J connectivity index is 1.58. The molecule has 1 aliphatic rings. The second-order valence-corrected chi connectivity index (χ2v) is 9.11. The number of benzene rings is 3. The number of carbonyl (C=O) groups is 2. The Kier molecular flexibility index (Phi) is 6.93. The molecule has 1 heterocycles. The van der Waals surface area contributed by atoms with Crippen LogP contribution in [0.4, 0.5) is 11.4 Å². The molecule has 2 amide bonds. The number of para-hydroxylation sites is 1. The van der Waals surface area contributed by atoms with Crippen LogP contribution in [0.1, 0.15) is 17.5 Å². The van der Waals surface area contributed by atoms with Crippen molar-refractivity contribution < 1.29 is 9.59 Å². The van der Waals surface area contributed by atoms with Gasteiger partial charge in [0.2, 0.25) is 11.8 Å². The first-order chi connectivity index (χ1) is 15.5. The molecule has 3 aromatic carbocycles. The SMILES string of the molecule is Cc1cccc(NC(=O)C2CC(=O)N(Cc3ccc(Cl)cc3)C(=Nc3ccccc3)S2)c1. The monoisotopic (exact) mass is 463 g/mol. The van der Waals surface area contributed by atoms with Crippen molar-refractivity contribution in [2.24, 2.45) is 4.99 Å². The molecule has 5 nitrogen and oxygen atoms in total. The Labute approximate surface area is 196 Å². The molecule has 1 unspecified atom stereocenters. The van der Waals surface area contributed by atoms with Gasteiger partial charge in [0.15, 0.2) is 5.17 Å². The molecule has 1 saturated heterocycles. The first-order valence-corrected chi connectivity index (χ1v) is 11.5. The number of hydrogen-bond acceptors (Lipinski definition) is 4. The fourth-order valence-electron chi connectivity index (χ4n) is 3.33. The Morgan fingerprint density at radius 3 is 2.56 bits per heavy atom. The van der Waals surface area contributed by atoms with Crippen LogP contribution in [-0.2, 0) is 16.1 Å². The predicted octanol–water partition coefficient (Wildman–Crippen LogP) is 5.81. The molecule has 0 aromatic heterocycles. The van der Waals surface area contributed by atoms with E-state index in [0.717, 1.165) is 16.8 Å². The number of thioether (sulfide) groups is 1. The number of nitrogens with zero attached hydrogens (tertiary/aromatic N) is 2. The molecule has 4 rings (SSSR count). The zero-order valence-corrected chi connectivity index (χ0v) is 19.1. The van der Waals surface area contributed by atoms with Crippen LogP contribution in [0.2, 0.25) is 5.02 Å². The van der Waals surface area contributed by atoms with E-state index in [4.69, 9.17) is 16.6 Å². The molecule has 1 atom stereocenters. The van der Waals surface area contributed by atoms with Crippen LogP contribution in [0.3, 0.4) is 0 Å². The van der Waals surface area contributed by atoms with E-state index in [1.165, 1.54) is 11.8 Å². The summed E-state index contributed by atoms with van der Waals surface area (Å²) in [5, 5.41) is 3.51. The van der Waals surface area contributed by atoms with Crippen LogP contribution in [0.25, 0.3) is 0 Å². The minimum Gasteiger partial charge on any atom is -0.325 e. The fraction of sp³-hybridized carbons (Fsp3) is 0.160. The van der Waals surface area contributed by atoms with Crippen molar-refractivity contribution in [3.05, 3.63) is 95.0 Å². The van der Waals surface area contributed by atoms with Gasteiger partial charge in [0.05, 0.1) is 12.2 Å². The summed E-state index contributed by atoms with van der Waals surface area (Å²) < 4.78 is 0. The number of rotatable bonds is 5. The van der Waals surface area contributed by atoms with Crippen molar-refractivity contribution in [2.75, 3.05) is 5.32 Å². The largest absolute Gasteiger partial charge is 0.325 e. The molecule has 3 aromatic rings. The lowest BCUT2D eigenvalue weighted by Gasteiger charge is -2.32. The topological polar surface area (TPSA) is 61.8 Å². The smallest absolute Gasteiger partial charge is 0.238 e. The molecule has 7 heteroatoms. The fourth-order valence-corrected chi connectivity index (χ4v) is 4.55. The Bertz CT molecular complexity index is 1150. The highest BCUT2D eigenvalue weighted by Crippen LogP contribution is 2.31. The van der Waals surface area contributed by atoms with Gasteiger partial charge < -0.3 is 5.32 Å². The third kappa shape index (κ3) is 5.58. The van der Waals surface area contributed by atoms with E-state index in [1.807, 2.05) is 73.7 Å². The lowest BCUT2D eigenvalue weighted by Crippen LogP contribution is -2.44. The van der Waals surface area contributed by atoms with E-state index in [9.17, 15) is 9.59 Å². The van der Waals surface area contributed by atoms with E-state index in [0.29, 0.717) is 22.4 Å². The number of amidine groups is 1. The van der Waals surface area contributed by atoms with E-state index in [1.54, 1.807) is 17.0 Å². The van der Waals surface area contributed by atoms with Crippen LogP contribution >= 0.6 is 23.4 Å². The molecule has 162 valence electrons. The summed E-state index contributed by atoms with van der Waals surface area (Å²) in [5.74, 6) is -0.348. The summed E-state index contributed by atoms with van der Waals surface area (Å²) >= 11 is 7.31. The maximum absolute atomic E-state index is 13.1. The minimum atomic E-state index is -0.563. The molecule has 1 aliphatic heterocycles. The standard InChI is InChI=1S/C25H22ClN3O2S/c1-17-6-5-9-21(14-17)27-24(31)22-15-23(30)29(16-18-10-12-19(26)13-11-18)25(32-22)28-20-7-3-2-4-8-20/h2-14,22H,15-16H2,1H3,(H,27,31). The van der Waals surface area contributed by atoms with Gasteiger partial charge in [-0.3, -0.25) is 14.5 Å². The van der Waals surface area contributed by atoms with Gasteiger partial charge in [-0.2, -0.15) is 0 Å². The van der Waals surface area contributed by atoms with Gasteiger partial charge in [-0.1, -0.05) is 65.8 Å². The van der Waals surface area contributed by atoms with Crippen molar-refractivity contribution in [2.45, 2.75) is 25.1 Å². The van der Waals surface area contributed by atoms with Crippen LogP contribution in [0.15, 0.2) is 83.9 Å². The predicted molar refractivity (Wildman–Crippen MR) is 131 cm³/mol. The van der Waals surface area contributed by atoms with E-state index < -0.39 is 5.25 Å². The van der Waals surface area contributed by atoms with Crippen molar-refractivity contribution in [1.29, 1.82) is 0 Å². The third-order valence-corrected chi connectivity index (χ3v) is 6.39. The normalized spacial score (nSPS) is 17.4. The first kappa shape index (κ1) is 22.1. The second-order valence-electron chi connectivity index (χ2n) is 7.51. The summed E-state index contributed by atoms with van der Waals surface area (Å²) in [6, 6.07) is 24.4. The number of anilines is 1. The molecule has 32 heavy (non-hydrogen) atoms. The number of carbonyl (C=O) groups excluding carboxylic acids is 2. The molecular weight excluding hydrogens is 442 g/mol. The third-order valence-electron chi connectivity index (χ3n) is 4.95. The van der Waals surface area contributed by atoms with Gasteiger partial charge >= 0.3 is 0 Å². The maximum Gasteiger partial charge on any atom is 0.238 e. The van der Waals surface area contributed by atoms with E-state index in [2.05, 4.69) is 5.32 Å². The van der Waals surface area contributed by atoms with Crippen molar-refractivity contribution in [3.63, 3.8) is 0 Å². The number of amides is 2. The van der Waals surface area contributed by atoms with Crippen LogP contribution < -0.4 is 5.32 Å². The quantitative estimate of drug-likeness (QED) is 0.519. The van der Waals surface area contributed by atoms with Gasteiger partial charge in [-0.25, -0.2) is 4.99 Å². The van der Waals surface area contributed by atoms with Gasteiger partial charge in [0.25, 0.3) is 0 Å². The summed E-state index contributed by atoms with van der Waals surface area (Å²) in [6.07, 6.45) is 0.101. The number of aliphatic imine (C=N–C) groups is 1.